The average Bonchev–Trinajstić information content (AvgIpc) is 2.40. The fourth-order valence-electron chi connectivity index (χ4n) is 1.83. The molecule has 110 valence electrons. The van der Waals surface area contributed by atoms with Crippen molar-refractivity contribution in [3.63, 3.8) is 0 Å². The smallest absolute Gasteiger partial charge is 0.332 e. The first kappa shape index (κ1) is 15.1. The van der Waals surface area contributed by atoms with E-state index >= 15 is 0 Å². The molecule has 0 amide bonds. The number of benzene rings is 1. The zero-order valence-corrected chi connectivity index (χ0v) is 12.9. The van der Waals surface area contributed by atoms with Crippen molar-refractivity contribution in [3.05, 3.63) is 44.0 Å². The number of nitrogen functional groups attached to an aromatic ring is 1. The Balaban J connectivity index is 2.51. The first-order valence-electron chi connectivity index (χ1n) is 5.95. The topological polar surface area (TPSA) is 119 Å². The van der Waals surface area contributed by atoms with Gasteiger partial charge in [-0.2, -0.15) is 4.98 Å². The first-order chi connectivity index (χ1) is 9.92. The Bertz CT molecular complexity index is 706. The van der Waals surface area contributed by atoms with Crippen molar-refractivity contribution in [2.45, 2.75) is 13.8 Å². The van der Waals surface area contributed by atoms with Gasteiger partial charge < -0.3 is 5.32 Å². The van der Waals surface area contributed by atoms with Gasteiger partial charge in [-0.1, -0.05) is 15.9 Å². The molecule has 21 heavy (non-hydrogen) atoms. The summed E-state index contributed by atoms with van der Waals surface area (Å²) in [5.74, 6) is 5.47. The molecule has 8 nitrogen and oxygen atoms in total. The number of hydrogen-bond acceptors (Lipinski definition) is 7. The van der Waals surface area contributed by atoms with Gasteiger partial charge in [0.15, 0.2) is 0 Å². The third kappa shape index (κ3) is 3.26. The molecule has 0 spiro atoms. The number of hydrogen-bond donors (Lipinski definition) is 3. The van der Waals surface area contributed by atoms with Gasteiger partial charge in [0, 0.05) is 10.2 Å². The molecule has 0 aliphatic carbocycles. The third-order valence-electron chi connectivity index (χ3n) is 2.81. The van der Waals surface area contributed by atoms with Gasteiger partial charge in [0.05, 0.1) is 4.92 Å². The van der Waals surface area contributed by atoms with Gasteiger partial charge in [0.1, 0.15) is 5.69 Å². The molecular weight excluding hydrogens is 340 g/mol. The van der Waals surface area contributed by atoms with Crippen LogP contribution in [0, 0.1) is 24.0 Å². The maximum absolute atomic E-state index is 11.2. The van der Waals surface area contributed by atoms with Crippen LogP contribution in [0.4, 0.5) is 23.1 Å². The molecule has 2 aromatic rings. The van der Waals surface area contributed by atoms with Crippen molar-refractivity contribution in [1.29, 1.82) is 0 Å². The SMILES string of the molecule is Cc1cc(Br)ccc1Nc1nc(NN)nc(C)c1[N+](=O)[O-]. The molecular formula is C12H13BrN6O2. The maximum atomic E-state index is 11.2. The van der Waals surface area contributed by atoms with E-state index in [4.69, 9.17) is 5.84 Å². The van der Waals surface area contributed by atoms with Crippen LogP contribution in [0.3, 0.4) is 0 Å². The van der Waals surface area contributed by atoms with Crippen molar-refractivity contribution >= 4 is 39.1 Å². The Morgan fingerprint density at radius 2 is 2.05 bits per heavy atom. The molecule has 0 saturated heterocycles. The lowest BCUT2D eigenvalue weighted by Crippen LogP contribution is -2.13. The van der Waals surface area contributed by atoms with E-state index in [1.807, 2.05) is 19.1 Å². The summed E-state index contributed by atoms with van der Waals surface area (Å²) in [6.07, 6.45) is 0. The van der Waals surface area contributed by atoms with Gasteiger partial charge in [0.25, 0.3) is 0 Å². The molecule has 1 aromatic carbocycles. The molecule has 0 aliphatic heterocycles. The van der Waals surface area contributed by atoms with Crippen molar-refractivity contribution in [2.75, 3.05) is 10.7 Å². The molecule has 1 aromatic heterocycles. The Morgan fingerprint density at radius 1 is 1.33 bits per heavy atom. The Morgan fingerprint density at radius 3 is 2.62 bits per heavy atom. The van der Waals surface area contributed by atoms with E-state index in [1.165, 1.54) is 6.92 Å². The highest BCUT2D eigenvalue weighted by atomic mass is 79.9. The number of rotatable bonds is 4. The Labute approximate surface area is 129 Å². The van der Waals surface area contributed by atoms with E-state index in [9.17, 15) is 10.1 Å². The van der Waals surface area contributed by atoms with Crippen LogP contribution in [0.15, 0.2) is 22.7 Å². The lowest BCUT2D eigenvalue weighted by Gasteiger charge is -2.11. The van der Waals surface area contributed by atoms with Crippen LogP contribution in [-0.2, 0) is 0 Å². The molecule has 0 bridgehead atoms. The fourth-order valence-corrected chi connectivity index (χ4v) is 2.31. The lowest BCUT2D eigenvalue weighted by molar-refractivity contribution is -0.385. The highest BCUT2D eigenvalue weighted by molar-refractivity contribution is 9.10. The highest BCUT2D eigenvalue weighted by Crippen LogP contribution is 2.31. The van der Waals surface area contributed by atoms with Crippen LogP contribution in [-0.4, -0.2) is 14.9 Å². The molecule has 2 rings (SSSR count). The van der Waals surface area contributed by atoms with Gasteiger partial charge in [-0.3, -0.25) is 15.5 Å². The summed E-state index contributed by atoms with van der Waals surface area (Å²) in [6, 6.07) is 5.53. The number of nitrogens with one attached hydrogen (secondary N) is 2. The van der Waals surface area contributed by atoms with Crippen LogP contribution in [0.25, 0.3) is 0 Å². The second-order valence-corrected chi connectivity index (χ2v) is 5.23. The standard InChI is InChI=1S/C12H13BrN6O2/c1-6-5-8(13)3-4-9(6)16-11-10(19(20)21)7(2)15-12(17-11)18-14/h3-5H,14H2,1-2H3,(H2,15,16,17,18). The number of nitrogens with two attached hydrogens (primary N) is 1. The molecule has 0 radical (unpaired) electrons. The summed E-state index contributed by atoms with van der Waals surface area (Å²) >= 11 is 3.37. The predicted octanol–water partition coefficient (Wildman–Crippen LogP) is 2.79. The van der Waals surface area contributed by atoms with E-state index < -0.39 is 4.92 Å². The normalized spacial score (nSPS) is 10.3. The minimum Gasteiger partial charge on any atom is -0.334 e. The molecule has 0 saturated carbocycles. The number of hydrazine groups is 1. The van der Waals surface area contributed by atoms with Gasteiger partial charge in [-0.05, 0) is 37.6 Å². The van der Waals surface area contributed by atoms with Gasteiger partial charge >= 0.3 is 5.69 Å². The third-order valence-corrected chi connectivity index (χ3v) is 3.30. The largest absolute Gasteiger partial charge is 0.334 e. The average molecular weight is 353 g/mol. The zero-order chi connectivity index (χ0) is 15.6. The molecule has 0 unspecified atom stereocenters. The number of nitrogens with zero attached hydrogens (tertiary/aromatic N) is 3. The zero-order valence-electron chi connectivity index (χ0n) is 11.3. The van der Waals surface area contributed by atoms with E-state index in [1.54, 1.807) is 6.07 Å². The van der Waals surface area contributed by atoms with Crippen LogP contribution in [0.1, 0.15) is 11.3 Å². The summed E-state index contributed by atoms with van der Waals surface area (Å²) < 4.78 is 0.920. The second-order valence-electron chi connectivity index (χ2n) is 4.32. The van der Waals surface area contributed by atoms with Crippen molar-refractivity contribution in [3.8, 4) is 0 Å². The second kappa shape index (κ2) is 6.02. The minimum absolute atomic E-state index is 0.0888. The van der Waals surface area contributed by atoms with Crippen molar-refractivity contribution < 1.29 is 4.92 Å². The molecule has 0 atom stereocenters. The minimum atomic E-state index is -0.522. The lowest BCUT2D eigenvalue weighted by atomic mass is 10.2. The van der Waals surface area contributed by atoms with Crippen LogP contribution < -0.4 is 16.6 Å². The molecule has 4 N–H and O–H groups in total. The summed E-state index contributed by atoms with van der Waals surface area (Å²) in [5, 5.41) is 14.2. The molecule has 9 heteroatoms. The van der Waals surface area contributed by atoms with Crippen LogP contribution in [0.5, 0.6) is 0 Å². The van der Waals surface area contributed by atoms with E-state index in [-0.39, 0.29) is 23.1 Å². The number of aromatic nitrogens is 2. The molecule has 1 heterocycles. The van der Waals surface area contributed by atoms with Gasteiger partial charge in [0.2, 0.25) is 11.8 Å². The van der Waals surface area contributed by atoms with E-state index in [0.29, 0.717) is 5.69 Å². The summed E-state index contributed by atoms with van der Waals surface area (Å²) in [6.45, 7) is 3.41. The molecule has 0 aliphatic rings. The van der Waals surface area contributed by atoms with Crippen molar-refractivity contribution in [2.24, 2.45) is 5.84 Å². The number of anilines is 3. The van der Waals surface area contributed by atoms with Crippen LogP contribution in [0.2, 0.25) is 0 Å². The number of halogens is 1. The van der Waals surface area contributed by atoms with Crippen molar-refractivity contribution in [1.82, 2.24) is 9.97 Å². The Kier molecular flexibility index (Phi) is 4.34. The highest BCUT2D eigenvalue weighted by Gasteiger charge is 2.22. The number of nitro groups is 1. The molecule has 0 fully saturated rings. The van der Waals surface area contributed by atoms with Gasteiger partial charge in [-0.15, -0.1) is 0 Å². The number of aryl methyl sites for hydroxylation is 2. The summed E-state index contributed by atoms with van der Waals surface area (Å²) in [7, 11) is 0. The van der Waals surface area contributed by atoms with E-state index in [2.05, 4.69) is 36.6 Å². The predicted molar refractivity (Wildman–Crippen MR) is 83.4 cm³/mol. The Hall–Kier alpha value is -2.26. The van der Waals surface area contributed by atoms with Crippen LogP contribution >= 0.6 is 15.9 Å². The fraction of sp³-hybridized carbons (Fsp3) is 0.167. The maximum Gasteiger partial charge on any atom is 0.332 e. The van der Waals surface area contributed by atoms with Gasteiger partial charge in [-0.25, -0.2) is 10.8 Å². The van der Waals surface area contributed by atoms with E-state index in [0.717, 1.165) is 10.0 Å². The quantitative estimate of drug-likeness (QED) is 0.439. The monoisotopic (exact) mass is 352 g/mol. The summed E-state index contributed by atoms with van der Waals surface area (Å²) in [5.41, 5.74) is 3.95. The first-order valence-corrected chi connectivity index (χ1v) is 6.74. The summed E-state index contributed by atoms with van der Waals surface area (Å²) in [4.78, 5) is 18.6.